The summed E-state index contributed by atoms with van der Waals surface area (Å²) in [6, 6.07) is 8.11. The summed E-state index contributed by atoms with van der Waals surface area (Å²) in [5, 5.41) is 3.13. The molecule has 2 heteroatoms. The van der Waals surface area contributed by atoms with E-state index < -0.39 is 0 Å². The fourth-order valence-electron chi connectivity index (χ4n) is 2.30. The Kier molecular flexibility index (Phi) is 3.34. The Labute approximate surface area is 103 Å². The van der Waals surface area contributed by atoms with Gasteiger partial charge in [0, 0.05) is 17.5 Å². The molecule has 92 valence electrons. The van der Waals surface area contributed by atoms with Crippen molar-refractivity contribution in [1.82, 2.24) is 5.32 Å². The maximum Gasteiger partial charge on any atom is 0.170 e. The predicted octanol–water partition coefficient (Wildman–Crippen LogP) is 2.99. The highest BCUT2D eigenvalue weighted by Crippen LogP contribution is 2.47. The van der Waals surface area contributed by atoms with E-state index in [4.69, 9.17) is 0 Å². The van der Waals surface area contributed by atoms with E-state index in [9.17, 15) is 4.79 Å². The van der Waals surface area contributed by atoms with Crippen LogP contribution in [0.15, 0.2) is 24.3 Å². The lowest BCUT2D eigenvalue weighted by molar-refractivity contribution is 0.0900. The lowest BCUT2D eigenvalue weighted by Crippen LogP contribution is -2.27. The highest BCUT2D eigenvalue weighted by molar-refractivity contribution is 6.02. The van der Waals surface area contributed by atoms with Crippen molar-refractivity contribution in [1.29, 1.82) is 0 Å². The van der Waals surface area contributed by atoms with Gasteiger partial charge >= 0.3 is 0 Å². The van der Waals surface area contributed by atoms with Crippen LogP contribution in [0.1, 0.15) is 48.5 Å². The molecule has 0 radical (unpaired) electrons. The minimum absolute atomic E-state index is 0.103. The van der Waals surface area contributed by atoms with Crippen molar-refractivity contribution < 1.29 is 4.79 Å². The van der Waals surface area contributed by atoms with Gasteiger partial charge in [-0.2, -0.15) is 0 Å². The Bertz CT molecular complexity index is 401. The molecule has 0 aliphatic heterocycles. The summed E-state index contributed by atoms with van der Waals surface area (Å²) in [6.45, 7) is 5.14. The summed E-state index contributed by atoms with van der Waals surface area (Å²) < 4.78 is 0. The molecule has 0 aromatic heterocycles. The molecule has 0 spiro atoms. The molecule has 1 aliphatic rings. The molecule has 0 atom stereocenters. The first-order chi connectivity index (χ1) is 8.09. The average molecular weight is 231 g/mol. The van der Waals surface area contributed by atoms with Crippen LogP contribution in [0, 0.1) is 5.41 Å². The second kappa shape index (κ2) is 4.61. The molecule has 1 N–H and O–H groups in total. The Morgan fingerprint density at radius 2 is 1.88 bits per heavy atom. The van der Waals surface area contributed by atoms with E-state index in [1.807, 2.05) is 19.2 Å². The number of benzene rings is 1. The van der Waals surface area contributed by atoms with E-state index in [1.165, 1.54) is 5.56 Å². The number of rotatable bonds is 5. The predicted molar refractivity (Wildman–Crippen MR) is 70.5 cm³/mol. The molecule has 0 unspecified atom stereocenters. The molecular formula is C15H21NO. The summed E-state index contributed by atoms with van der Waals surface area (Å²) in [4.78, 5) is 12.4. The molecule has 17 heavy (non-hydrogen) atoms. The molecule has 1 fully saturated rings. The summed E-state index contributed by atoms with van der Waals surface area (Å²) in [6.07, 6.45) is 2.05. The van der Waals surface area contributed by atoms with Crippen LogP contribution in [-0.2, 0) is 0 Å². The first kappa shape index (κ1) is 12.3. The van der Waals surface area contributed by atoms with Crippen LogP contribution in [0.4, 0.5) is 0 Å². The Morgan fingerprint density at radius 3 is 2.29 bits per heavy atom. The second-order valence-electron chi connectivity index (χ2n) is 5.42. The highest BCUT2D eigenvalue weighted by Gasteiger charge is 2.48. The Morgan fingerprint density at radius 1 is 1.29 bits per heavy atom. The zero-order valence-electron chi connectivity index (χ0n) is 10.9. The van der Waals surface area contributed by atoms with Gasteiger partial charge in [-0.25, -0.2) is 0 Å². The van der Waals surface area contributed by atoms with E-state index in [-0.39, 0.29) is 5.41 Å². The normalized spacial score (nSPS) is 17.2. The maximum absolute atomic E-state index is 12.4. The molecule has 1 aromatic rings. The summed E-state index contributed by atoms with van der Waals surface area (Å²) in [7, 11) is 1.91. The van der Waals surface area contributed by atoms with Gasteiger partial charge in [-0.05, 0) is 31.4 Å². The molecule has 0 bridgehead atoms. The summed E-state index contributed by atoms with van der Waals surface area (Å²) >= 11 is 0. The number of hydrogen-bond acceptors (Lipinski definition) is 2. The number of carbonyl (C=O) groups excluding carboxylic acids is 1. The monoisotopic (exact) mass is 231 g/mol. The van der Waals surface area contributed by atoms with Crippen molar-refractivity contribution in [3.63, 3.8) is 0 Å². The van der Waals surface area contributed by atoms with Crippen LogP contribution < -0.4 is 5.32 Å². The van der Waals surface area contributed by atoms with Crippen molar-refractivity contribution in [3.05, 3.63) is 35.4 Å². The fraction of sp³-hybridized carbons (Fsp3) is 0.533. The van der Waals surface area contributed by atoms with Crippen LogP contribution >= 0.6 is 0 Å². The third kappa shape index (κ3) is 2.42. The number of nitrogens with one attached hydrogen (secondary N) is 1. The smallest absolute Gasteiger partial charge is 0.170 e. The SMILES string of the molecule is CNCC1(C(=O)c2ccc(C(C)C)cc2)CC1. The molecule has 1 aromatic carbocycles. The van der Waals surface area contributed by atoms with Crippen LogP contribution in [0.2, 0.25) is 0 Å². The molecule has 1 aliphatic carbocycles. The molecule has 0 amide bonds. The molecule has 1 saturated carbocycles. The fourth-order valence-corrected chi connectivity index (χ4v) is 2.30. The first-order valence-electron chi connectivity index (χ1n) is 6.38. The molecule has 2 rings (SSSR count). The number of Topliss-reactive ketones (excluding diaryl/α,β-unsaturated/α-hetero) is 1. The number of carbonyl (C=O) groups is 1. The number of hydrogen-bond donors (Lipinski definition) is 1. The van der Waals surface area contributed by atoms with Crippen molar-refractivity contribution >= 4 is 5.78 Å². The third-order valence-corrected chi connectivity index (χ3v) is 3.69. The standard InChI is InChI=1S/C15H21NO/c1-11(2)12-4-6-13(7-5-12)14(17)15(8-9-15)10-16-3/h4-7,11,16H,8-10H2,1-3H3. The van der Waals surface area contributed by atoms with Gasteiger partial charge in [0.25, 0.3) is 0 Å². The van der Waals surface area contributed by atoms with Crippen LogP contribution in [0.3, 0.4) is 0 Å². The van der Waals surface area contributed by atoms with E-state index in [0.29, 0.717) is 11.7 Å². The van der Waals surface area contributed by atoms with Gasteiger partial charge in [0.2, 0.25) is 0 Å². The van der Waals surface area contributed by atoms with Crippen LogP contribution in [0.25, 0.3) is 0 Å². The number of ketones is 1. The largest absolute Gasteiger partial charge is 0.319 e. The van der Waals surface area contributed by atoms with Gasteiger partial charge in [0.1, 0.15) is 0 Å². The summed E-state index contributed by atoms with van der Waals surface area (Å²) in [5.74, 6) is 0.827. The van der Waals surface area contributed by atoms with E-state index in [0.717, 1.165) is 24.9 Å². The minimum atomic E-state index is -0.103. The van der Waals surface area contributed by atoms with Gasteiger partial charge in [-0.3, -0.25) is 4.79 Å². The van der Waals surface area contributed by atoms with Crippen LogP contribution in [0.5, 0.6) is 0 Å². The van der Waals surface area contributed by atoms with Gasteiger partial charge in [-0.1, -0.05) is 38.1 Å². The van der Waals surface area contributed by atoms with Crippen molar-refractivity contribution in [2.75, 3.05) is 13.6 Å². The van der Waals surface area contributed by atoms with Gasteiger partial charge < -0.3 is 5.32 Å². The van der Waals surface area contributed by atoms with Crippen molar-refractivity contribution in [2.24, 2.45) is 5.41 Å². The topological polar surface area (TPSA) is 29.1 Å². The quantitative estimate of drug-likeness (QED) is 0.789. The Balaban J connectivity index is 2.15. The lowest BCUT2D eigenvalue weighted by atomic mass is 9.92. The molecule has 0 heterocycles. The highest BCUT2D eigenvalue weighted by atomic mass is 16.1. The van der Waals surface area contributed by atoms with Gasteiger partial charge in [-0.15, -0.1) is 0 Å². The van der Waals surface area contributed by atoms with Gasteiger partial charge in [0.15, 0.2) is 5.78 Å². The van der Waals surface area contributed by atoms with E-state index >= 15 is 0 Å². The average Bonchev–Trinajstić information content (AvgIpc) is 3.10. The minimum Gasteiger partial charge on any atom is -0.319 e. The van der Waals surface area contributed by atoms with Crippen molar-refractivity contribution in [3.8, 4) is 0 Å². The second-order valence-corrected chi connectivity index (χ2v) is 5.42. The van der Waals surface area contributed by atoms with Crippen LogP contribution in [-0.4, -0.2) is 19.4 Å². The van der Waals surface area contributed by atoms with E-state index in [2.05, 4.69) is 31.3 Å². The van der Waals surface area contributed by atoms with Crippen molar-refractivity contribution in [2.45, 2.75) is 32.6 Å². The zero-order valence-corrected chi connectivity index (χ0v) is 10.9. The first-order valence-corrected chi connectivity index (χ1v) is 6.38. The third-order valence-electron chi connectivity index (χ3n) is 3.69. The maximum atomic E-state index is 12.4. The van der Waals surface area contributed by atoms with Gasteiger partial charge in [0.05, 0.1) is 0 Å². The lowest BCUT2D eigenvalue weighted by Gasteiger charge is -2.14. The zero-order chi connectivity index (χ0) is 12.5. The summed E-state index contributed by atoms with van der Waals surface area (Å²) in [5.41, 5.74) is 2.05. The molecule has 0 saturated heterocycles. The molecule has 2 nitrogen and oxygen atoms in total. The molecular weight excluding hydrogens is 210 g/mol. The Hall–Kier alpha value is -1.15. The van der Waals surface area contributed by atoms with E-state index in [1.54, 1.807) is 0 Å².